The predicted octanol–water partition coefficient (Wildman–Crippen LogP) is 3.42. The van der Waals surface area contributed by atoms with Crippen LogP contribution in [0.4, 0.5) is 4.39 Å². The average molecular weight is 310 g/mol. The molecule has 0 aromatic heterocycles. The molecule has 0 bridgehead atoms. The van der Waals surface area contributed by atoms with Crippen LogP contribution < -0.4 is 5.32 Å². The summed E-state index contributed by atoms with van der Waals surface area (Å²) in [6.07, 6.45) is 4.46. The number of benzene rings is 1. The van der Waals surface area contributed by atoms with Crippen LogP contribution in [0.1, 0.15) is 43.6 Å². The number of hydrogen-bond acceptors (Lipinski definition) is 2. The van der Waals surface area contributed by atoms with Gasteiger partial charge in [-0.05, 0) is 36.5 Å². The SMILES string of the molecule is O=C1CC(c2ccc(Cl)c(F)c2)C(C2CCCC2)C(=O)N1. The molecule has 0 spiro atoms. The van der Waals surface area contributed by atoms with Gasteiger partial charge in [-0.1, -0.05) is 30.5 Å². The number of imide groups is 1. The molecule has 1 aromatic rings. The Morgan fingerprint density at radius 2 is 1.90 bits per heavy atom. The molecule has 1 N–H and O–H groups in total. The van der Waals surface area contributed by atoms with E-state index in [1.54, 1.807) is 6.07 Å². The predicted molar refractivity (Wildman–Crippen MR) is 77.4 cm³/mol. The summed E-state index contributed by atoms with van der Waals surface area (Å²) in [4.78, 5) is 24.0. The summed E-state index contributed by atoms with van der Waals surface area (Å²) in [5.74, 6) is -1.21. The molecule has 112 valence electrons. The van der Waals surface area contributed by atoms with Crippen molar-refractivity contribution in [2.75, 3.05) is 0 Å². The third kappa shape index (κ3) is 2.82. The average Bonchev–Trinajstić information content (AvgIpc) is 2.94. The molecule has 1 aliphatic heterocycles. The molecule has 2 atom stereocenters. The van der Waals surface area contributed by atoms with Gasteiger partial charge in [0, 0.05) is 18.3 Å². The number of hydrogen-bond donors (Lipinski definition) is 1. The van der Waals surface area contributed by atoms with E-state index in [2.05, 4.69) is 5.32 Å². The quantitative estimate of drug-likeness (QED) is 0.851. The number of carbonyl (C=O) groups excluding carboxylic acids is 2. The van der Waals surface area contributed by atoms with Crippen LogP contribution in [0.25, 0.3) is 0 Å². The normalized spacial score (nSPS) is 27.0. The second-order valence-corrected chi connectivity index (χ2v) is 6.37. The molecule has 1 aromatic carbocycles. The molecule has 1 heterocycles. The Balaban J connectivity index is 1.95. The van der Waals surface area contributed by atoms with Gasteiger partial charge in [-0.15, -0.1) is 0 Å². The molecule has 2 aliphatic rings. The van der Waals surface area contributed by atoms with E-state index in [1.807, 2.05) is 0 Å². The summed E-state index contributed by atoms with van der Waals surface area (Å²) in [6.45, 7) is 0. The van der Waals surface area contributed by atoms with Gasteiger partial charge < -0.3 is 0 Å². The van der Waals surface area contributed by atoms with Crippen molar-refractivity contribution >= 4 is 23.4 Å². The van der Waals surface area contributed by atoms with Crippen molar-refractivity contribution in [2.24, 2.45) is 11.8 Å². The molecule has 3 rings (SSSR count). The zero-order valence-electron chi connectivity index (χ0n) is 11.6. The lowest BCUT2D eigenvalue weighted by Crippen LogP contribution is -2.47. The van der Waals surface area contributed by atoms with Gasteiger partial charge in [-0.2, -0.15) is 0 Å². The molecule has 0 radical (unpaired) electrons. The van der Waals surface area contributed by atoms with Gasteiger partial charge in [0.2, 0.25) is 11.8 Å². The third-order valence-electron chi connectivity index (χ3n) is 4.68. The van der Waals surface area contributed by atoms with E-state index in [-0.39, 0.29) is 41.0 Å². The monoisotopic (exact) mass is 309 g/mol. The van der Waals surface area contributed by atoms with E-state index in [1.165, 1.54) is 12.1 Å². The fourth-order valence-electron chi connectivity index (χ4n) is 3.71. The van der Waals surface area contributed by atoms with Gasteiger partial charge >= 0.3 is 0 Å². The summed E-state index contributed by atoms with van der Waals surface area (Å²) in [7, 11) is 0. The van der Waals surface area contributed by atoms with Gasteiger partial charge in [0.15, 0.2) is 0 Å². The van der Waals surface area contributed by atoms with Crippen LogP contribution in [0, 0.1) is 17.7 Å². The molecule has 1 saturated carbocycles. The maximum atomic E-state index is 13.7. The molecule has 2 amide bonds. The maximum Gasteiger partial charge on any atom is 0.230 e. The minimum atomic E-state index is -0.502. The van der Waals surface area contributed by atoms with Crippen molar-refractivity contribution < 1.29 is 14.0 Å². The molecule has 5 heteroatoms. The van der Waals surface area contributed by atoms with E-state index in [9.17, 15) is 14.0 Å². The van der Waals surface area contributed by atoms with Gasteiger partial charge in [0.25, 0.3) is 0 Å². The first-order chi connectivity index (χ1) is 10.1. The van der Waals surface area contributed by atoms with Crippen molar-refractivity contribution in [1.82, 2.24) is 5.32 Å². The van der Waals surface area contributed by atoms with E-state index in [0.29, 0.717) is 5.56 Å². The second-order valence-electron chi connectivity index (χ2n) is 5.97. The van der Waals surface area contributed by atoms with Crippen molar-refractivity contribution in [3.8, 4) is 0 Å². The molecule has 2 fully saturated rings. The summed E-state index contributed by atoms with van der Waals surface area (Å²) in [5.41, 5.74) is 0.692. The van der Waals surface area contributed by atoms with Crippen molar-refractivity contribution in [3.63, 3.8) is 0 Å². The number of carbonyl (C=O) groups is 2. The lowest BCUT2D eigenvalue weighted by atomic mass is 9.73. The summed E-state index contributed by atoms with van der Waals surface area (Å²) in [6, 6.07) is 4.58. The van der Waals surface area contributed by atoms with Gasteiger partial charge in [-0.25, -0.2) is 4.39 Å². The van der Waals surface area contributed by atoms with Crippen LogP contribution in [-0.2, 0) is 9.59 Å². The number of piperidine rings is 1. The van der Waals surface area contributed by atoms with Gasteiger partial charge in [-0.3, -0.25) is 14.9 Å². The Labute approximate surface area is 127 Å². The first-order valence-corrected chi connectivity index (χ1v) is 7.72. The zero-order chi connectivity index (χ0) is 15.0. The van der Waals surface area contributed by atoms with Crippen molar-refractivity contribution in [1.29, 1.82) is 0 Å². The topological polar surface area (TPSA) is 46.2 Å². The summed E-state index contributed by atoms with van der Waals surface area (Å²) in [5, 5.41) is 2.49. The molecule has 3 nitrogen and oxygen atoms in total. The maximum absolute atomic E-state index is 13.7. The highest BCUT2D eigenvalue weighted by molar-refractivity contribution is 6.30. The fraction of sp³-hybridized carbons (Fsp3) is 0.500. The minimum Gasteiger partial charge on any atom is -0.296 e. The number of amides is 2. The molecule has 1 saturated heterocycles. The number of rotatable bonds is 2. The highest BCUT2D eigenvalue weighted by atomic mass is 35.5. The Bertz CT molecular complexity index is 584. The molecule has 21 heavy (non-hydrogen) atoms. The van der Waals surface area contributed by atoms with Crippen molar-refractivity contribution in [2.45, 2.75) is 38.0 Å². The molecular formula is C16H17ClFNO2. The van der Waals surface area contributed by atoms with Crippen LogP contribution in [-0.4, -0.2) is 11.8 Å². The van der Waals surface area contributed by atoms with E-state index < -0.39 is 5.82 Å². The second kappa shape index (κ2) is 5.76. The summed E-state index contributed by atoms with van der Waals surface area (Å²) < 4.78 is 13.7. The first-order valence-electron chi connectivity index (χ1n) is 7.35. The molecule has 2 unspecified atom stereocenters. The largest absolute Gasteiger partial charge is 0.296 e. The lowest BCUT2D eigenvalue weighted by molar-refractivity contribution is -0.138. The van der Waals surface area contributed by atoms with E-state index >= 15 is 0 Å². The van der Waals surface area contributed by atoms with E-state index in [0.717, 1.165) is 25.7 Å². The van der Waals surface area contributed by atoms with Gasteiger partial charge in [0.1, 0.15) is 5.82 Å². The van der Waals surface area contributed by atoms with Gasteiger partial charge in [0.05, 0.1) is 5.02 Å². The third-order valence-corrected chi connectivity index (χ3v) is 4.99. The van der Waals surface area contributed by atoms with E-state index in [4.69, 9.17) is 11.6 Å². The van der Waals surface area contributed by atoms with Crippen LogP contribution >= 0.6 is 11.6 Å². The zero-order valence-corrected chi connectivity index (χ0v) is 12.3. The molecular weight excluding hydrogens is 293 g/mol. The first kappa shape index (κ1) is 14.5. The van der Waals surface area contributed by atoms with Crippen LogP contribution in [0.3, 0.4) is 0 Å². The Morgan fingerprint density at radius 3 is 2.57 bits per heavy atom. The Hall–Kier alpha value is -1.42. The standard InChI is InChI=1S/C16H17ClFNO2/c17-12-6-5-10(7-13(12)18)11-8-14(20)19-16(21)15(11)9-3-1-2-4-9/h5-7,9,11,15H,1-4,8H2,(H,19,20,21). The Morgan fingerprint density at radius 1 is 1.19 bits per heavy atom. The lowest BCUT2D eigenvalue weighted by Gasteiger charge is -2.34. The fourth-order valence-corrected chi connectivity index (χ4v) is 3.83. The van der Waals surface area contributed by atoms with Crippen LogP contribution in [0.15, 0.2) is 18.2 Å². The smallest absolute Gasteiger partial charge is 0.230 e. The Kier molecular flexibility index (Phi) is 3.98. The highest BCUT2D eigenvalue weighted by Crippen LogP contribution is 2.43. The number of halogens is 2. The van der Waals surface area contributed by atoms with Crippen LogP contribution in [0.5, 0.6) is 0 Å². The molecule has 1 aliphatic carbocycles. The minimum absolute atomic E-state index is 0.0581. The van der Waals surface area contributed by atoms with Crippen LogP contribution in [0.2, 0.25) is 5.02 Å². The number of nitrogens with one attached hydrogen (secondary N) is 1. The highest BCUT2D eigenvalue weighted by Gasteiger charge is 2.42. The van der Waals surface area contributed by atoms with Crippen molar-refractivity contribution in [3.05, 3.63) is 34.6 Å². The summed E-state index contributed by atoms with van der Waals surface area (Å²) >= 11 is 5.72.